The van der Waals surface area contributed by atoms with Crippen molar-refractivity contribution in [2.45, 2.75) is 38.5 Å². The normalized spacial score (nSPS) is 18.7. The van der Waals surface area contributed by atoms with Crippen molar-refractivity contribution in [3.05, 3.63) is 65.9 Å². The van der Waals surface area contributed by atoms with E-state index in [1.165, 1.54) is 0 Å². The molecule has 6 nitrogen and oxygen atoms in total. The van der Waals surface area contributed by atoms with Crippen molar-refractivity contribution < 1.29 is 9.53 Å². The number of amides is 1. The molecule has 3 aromatic rings. The lowest BCUT2D eigenvalue weighted by Gasteiger charge is -2.27. The Morgan fingerprint density at radius 2 is 1.83 bits per heavy atom. The zero-order chi connectivity index (χ0) is 20.9. The fourth-order valence-corrected chi connectivity index (χ4v) is 4.23. The van der Waals surface area contributed by atoms with Crippen LogP contribution in [0.5, 0.6) is 5.75 Å². The van der Waals surface area contributed by atoms with Crippen molar-refractivity contribution >= 4 is 5.91 Å². The Morgan fingerprint density at radius 1 is 1.13 bits per heavy atom. The molecule has 1 aliphatic carbocycles. The highest BCUT2D eigenvalue weighted by atomic mass is 16.5. The van der Waals surface area contributed by atoms with Crippen LogP contribution in [0.3, 0.4) is 0 Å². The molecule has 2 aromatic heterocycles. The Morgan fingerprint density at radius 3 is 2.50 bits per heavy atom. The summed E-state index contributed by atoms with van der Waals surface area (Å²) >= 11 is 0. The molecule has 1 fully saturated rings. The summed E-state index contributed by atoms with van der Waals surface area (Å²) in [7, 11) is 1.65. The topological polar surface area (TPSA) is 79.9 Å². The Kier molecular flexibility index (Phi) is 6.12. The van der Waals surface area contributed by atoms with Gasteiger partial charge in [-0.15, -0.1) is 0 Å². The minimum absolute atomic E-state index is 0.0290. The molecule has 0 spiro atoms. The summed E-state index contributed by atoms with van der Waals surface area (Å²) in [5, 5.41) is 3.15. The first-order valence-electron chi connectivity index (χ1n) is 10.5. The highest BCUT2D eigenvalue weighted by Crippen LogP contribution is 2.34. The summed E-state index contributed by atoms with van der Waals surface area (Å²) in [6.07, 6.45) is 7.94. The molecule has 30 heavy (non-hydrogen) atoms. The highest BCUT2D eigenvalue weighted by Gasteiger charge is 2.25. The molecule has 0 aliphatic heterocycles. The van der Waals surface area contributed by atoms with Gasteiger partial charge in [0.05, 0.1) is 18.4 Å². The van der Waals surface area contributed by atoms with E-state index in [1.807, 2.05) is 55.7 Å². The molecule has 0 saturated heterocycles. The molecule has 0 radical (unpaired) electrons. The third-order valence-corrected chi connectivity index (χ3v) is 5.92. The van der Waals surface area contributed by atoms with Gasteiger partial charge in [-0.2, -0.15) is 0 Å². The Bertz CT molecular complexity index is 974. The summed E-state index contributed by atoms with van der Waals surface area (Å²) in [6, 6.07) is 11.5. The van der Waals surface area contributed by atoms with Gasteiger partial charge < -0.3 is 15.0 Å². The predicted molar refractivity (Wildman–Crippen MR) is 117 cm³/mol. The fraction of sp³-hybridized carbons (Fsp3) is 0.375. The molecule has 0 bridgehead atoms. The monoisotopic (exact) mass is 404 g/mol. The summed E-state index contributed by atoms with van der Waals surface area (Å²) in [4.78, 5) is 25.1. The van der Waals surface area contributed by atoms with Gasteiger partial charge in [0.2, 0.25) is 0 Å². The average molecular weight is 405 g/mol. The number of hydrogen-bond donors (Lipinski definition) is 2. The number of aryl methyl sites for hydroxylation is 1. The molecule has 4 rings (SSSR count). The van der Waals surface area contributed by atoms with E-state index in [-0.39, 0.29) is 5.91 Å². The van der Waals surface area contributed by atoms with Gasteiger partial charge in [-0.25, -0.2) is 9.97 Å². The van der Waals surface area contributed by atoms with E-state index in [4.69, 9.17) is 4.74 Å². The largest absolute Gasteiger partial charge is 0.497 e. The second kappa shape index (κ2) is 9.11. The molecule has 0 unspecified atom stereocenters. The van der Waals surface area contributed by atoms with Gasteiger partial charge in [0.1, 0.15) is 11.6 Å². The van der Waals surface area contributed by atoms with Crippen molar-refractivity contribution in [3.63, 3.8) is 0 Å². The highest BCUT2D eigenvalue weighted by molar-refractivity contribution is 6.00. The first kappa shape index (κ1) is 20.1. The maximum atomic E-state index is 12.9. The number of carbonyl (C=O) groups is 1. The smallest absolute Gasteiger partial charge is 0.253 e. The van der Waals surface area contributed by atoms with Crippen LogP contribution in [0.25, 0.3) is 11.3 Å². The van der Waals surface area contributed by atoms with E-state index in [0.29, 0.717) is 23.9 Å². The number of methoxy groups -OCH3 is 1. The number of aromatic nitrogens is 3. The van der Waals surface area contributed by atoms with E-state index in [2.05, 4.69) is 20.3 Å². The van der Waals surface area contributed by atoms with Crippen LogP contribution >= 0.6 is 0 Å². The number of benzene rings is 1. The van der Waals surface area contributed by atoms with E-state index < -0.39 is 0 Å². The molecule has 1 aromatic carbocycles. The van der Waals surface area contributed by atoms with E-state index in [1.54, 1.807) is 7.11 Å². The summed E-state index contributed by atoms with van der Waals surface area (Å²) in [5.41, 5.74) is 3.47. The second-order valence-electron chi connectivity index (χ2n) is 8.00. The van der Waals surface area contributed by atoms with Gasteiger partial charge in [-0.3, -0.25) is 4.79 Å². The van der Waals surface area contributed by atoms with Crippen molar-refractivity contribution in [2.24, 2.45) is 5.92 Å². The van der Waals surface area contributed by atoms with Crippen LogP contribution < -0.4 is 10.1 Å². The molecular weight excluding hydrogens is 376 g/mol. The second-order valence-corrected chi connectivity index (χ2v) is 8.00. The molecular formula is C24H28N4O2. The maximum absolute atomic E-state index is 12.9. The molecule has 1 saturated carbocycles. The Labute approximate surface area is 177 Å². The zero-order valence-electron chi connectivity index (χ0n) is 17.5. The molecule has 0 atom stereocenters. The van der Waals surface area contributed by atoms with Gasteiger partial charge in [-0.05, 0) is 80.5 Å². The molecule has 2 N–H and O–H groups in total. The van der Waals surface area contributed by atoms with Crippen LogP contribution in [-0.4, -0.2) is 34.5 Å². The van der Waals surface area contributed by atoms with Crippen LogP contribution in [-0.2, 0) is 0 Å². The predicted octanol–water partition coefficient (Wildman–Crippen LogP) is 4.49. The molecule has 2 heterocycles. The minimum Gasteiger partial charge on any atom is -0.497 e. The zero-order valence-corrected chi connectivity index (χ0v) is 17.5. The average Bonchev–Trinajstić information content (AvgIpc) is 3.20. The van der Waals surface area contributed by atoms with Gasteiger partial charge in [0, 0.05) is 30.6 Å². The van der Waals surface area contributed by atoms with Crippen molar-refractivity contribution in [3.8, 4) is 17.0 Å². The first-order valence-corrected chi connectivity index (χ1v) is 10.5. The minimum atomic E-state index is -0.0290. The van der Waals surface area contributed by atoms with Crippen LogP contribution in [0.4, 0.5) is 0 Å². The summed E-state index contributed by atoms with van der Waals surface area (Å²) < 4.78 is 5.23. The Hall–Kier alpha value is -3.15. The summed E-state index contributed by atoms with van der Waals surface area (Å²) in [5.74, 6) is 2.65. The summed E-state index contributed by atoms with van der Waals surface area (Å²) in [6.45, 7) is 2.67. The van der Waals surface area contributed by atoms with Crippen LogP contribution in [0.1, 0.15) is 53.5 Å². The van der Waals surface area contributed by atoms with Gasteiger partial charge in [-0.1, -0.05) is 0 Å². The third kappa shape index (κ3) is 4.53. The standard InChI is InChI=1S/C24H28N4O2/c1-16-14-21(22(28-16)18-8-10-20(30-2)11-9-18)24(29)27-15-17-4-6-19(7-5-17)23-25-12-3-13-26-23/h3,8-14,17,19,28H,4-7,15H2,1-2H3,(H,27,29). The number of aromatic amines is 1. The molecule has 156 valence electrons. The van der Waals surface area contributed by atoms with Gasteiger partial charge in [0.25, 0.3) is 5.91 Å². The number of nitrogens with one attached hydrogen (secondary N) is 2. The SMILES string of the molecule is COc1ccc(-c2[nH]c(C)cc2C(=O)NCC2CCC(c3ncccn3)CC2)cc1. The third-order valence-electron chi connectivity index (χ3n) is 5.92. The number of nitrogens with zero attached hydrogens (tertiary/aromatic N) is 2. The van der Waals surface area contributed by atoms with Crippen molar-refractivity contribution in [1.29, 1.82) is 0 Å². The first-order chi connectivity index (χ1) is 14.6. The van der Waals surface area contributed by atoms with Crippen molar-refractivity contribution in [1.82, 2.24) is 20.3 Å². The van der Waals surface area contributed by atoms with Crippen molar-refractivity contribution in [2.75, 3.05) is 13.7 Å². The number of ether oxygens (including phenoxy) is 1. The maximum Gasteiger partial charge on any atom is 0.253 e. The van der Waals surface area contributed by atoms with Crippen LogP contribution in [0.2, 0.25) is 0 Å². The van der Waals surface area contributed by atoms with E-state index in [0.717, 1.165) is 54.2 Å². The van der Waals surface area contributed by atoms with E-state index in [9.17, 15) is 4.79 Å². The fourth-order valence-electron chi connectivity index (χ4n) is 4.23. The number of carbonyl (C=O) groups excluding carboxylic acids is 1. The number of H-pyrrole nitrogens is 1. The van der Waals surface area contributed by atoms with Gasteiger partial charge in [0.15, 0.2) is 0 Å². The Balaban J connectivity index is 1.36. The molecule has 1 amide bonds. The van der Waals surface area contributed by atoms with Gasteiger partial charge >= 0.3 is 0 Å². The lowest BCUT2D eigenvalue weighted by atomic mass is 9.81. The quantitative estimate of drug-likeness (QED) is 0.634. The number of rotatable bonds is 6. The van der Waals surface area contributed by atoms with Crippen LogP contribution in [0.15, 0.2) is 48.8 Å². The lowest BCUT2D eigenvalue weighted by molar-refractivity contribution is 0.0943. The van der Waals surface area contributed by atoms with E-state index >= 15 is 0 Å². The molecule has 1 aliphatic rings. The number of hydrogen-bond acceptors (Lipinski definition) is 4. The van der Waals surface area contributed by atoms with Crippen LogP contribution in [0, 0.1) is 12.8 Å². The molecule has 6 heteroatoms. The lowest BCUT2D eigenvalue weighted by Crippen LogP contribution is -2.31.